The van der Waals surface area contributed by atoms with Crippen molar-refractivity contribution >= 4 is 5.91 Å². The molecule has 7 heteroatoms. The van der Waals surface area contributed by atoms with Gasteiger partial charge in [-0.05, 0) is 30.7 Å². The van der Waals surface area contributed by atoms with Gasteiger partial charge in [-0.1, -0.05) is 18.2 Å². The predicted molar refractivity (Wildman–Crippen MR) is 105 cm³/mol. The third-order valence-corrected chi connectivity index (χ3v) is 4.87. The van der Waals surface area contributed by atoms with Crippen LogP contribution in [-0.2, 0) is 6.54 Å². The Bertz CT molecular complexity index is 1020. The fraction of sp³-hybridized carbons (Fsp3) is 0.286. The minimum atomic E-state index is -0.148. The maximum Gasteiger partial charge on any atom is 0.289 e. The first-order chi connectivity index (χ1) is 13.6. The molecular formula is C21H22N4O3. The van der Waals surface area contributed by atoms with E-state index in [-0.39, 0.29) is 11.5 Å². The van der Waals surface area contributed by atoms with Crippen molar-refractivity contribution in [1.29, 1.82) is 0 Å². The van der Waals surface area contributed by atoms with E-state index in [1.807, 2.05) is 24.0 Å². The van der Waals surface area contributed by atoms with E-state index >= 15 is 0 Å². The molecule has 4 rings (SSSR count). The molecule has 3 aromatic rings. The lowest BCUT2D eigenvalue weighted by atomic mass is 10.1. The molecule has 1 amide bonds. The highest BCUT2D eigenvalue weighted by Crippen LogP contribution is 2.18. The molecule has 0 atom stereocenters. The molecule has 0 saturated carbocycles. The second kappa shape index (κ2) is 7.82. The molecule has 0 unspecified atom stereocenters. The number of carbonyl (C=O) groups is 1. The van der Waals surface area contributed by atoms with Crippen LogP contribution >= 0.6 is 0 Å². The molecule has 0 bridgehead atoms. The summed E-state index contributed by atoms with van der Waals surface area (Å²) in [5.41, 5.74) is 2.59. The quantitative estimate of drug-likeness (QED) is 0.753. The molecule has 0 radical (unpaired) electrons. The van der Waals surface area contributed by atoms with Crippen LogP contribution in [0, 0.1) is 6.92 Å². The Morgan fingerprint density at radius 3 is 2.68 bits per heavy atom. The Labute approximate surface area is 162 Å². The van der Waals surface area contributed by atoms with Crippen LogP contribution in [-0.4, -0.2) is 51.9 Å². The molecule has 144 valence electrons. The second-order valence-corrected chi connectivity index (χ2v) is 6.98. The number of piperazine rings is 1. The van der Waals surface area contributed by atoms with Gasteiger partial charge in [-0.3, -0.25) is 14.5 Å². The summed E-state index contributed by atoms with van der Waals surface area (Å²) in [6.07, 6.45) is 1.52. The molecule has 1 saturated heterocycles. The number of furan rings is 1. The van der Waals surface area contributed by atoms with E-state index in [0.717, 1.165) is 30.8 Å². The Morgan fingerprint density at radius 1 is 1.14 bits per heavy atom. The first kappa shape index (κ1) is 18.2. The summed E-state index contributed by atoms with van der Waals surface area (Å²) in [6.45, 7) is 5.54. The monoisotopic (exact) mass is 378 g/mol. The number of aryl methyl sites for hydroxylation is 1. The third kappa shape index (κ3) is 4.04. The number of hydrogen-bond donors (Lipinski definition) is 1. The van der Waals surface area contributed by atoms with E-state index in [1.165, 1.54) is 12.3 Å². The Balaban J connectivity index is 1.40. The van der Waals surface area contributed by atoms with Crippen LogP contribution in [0.4, 0.5) is 0 Å². The predicted octanol–water partition coefficient (Wildman–Crippen LogP) is 2.30. The maximum atomic E-state index is 12.4. The zero-order valence-electron chi connectivity index (χ0n) is 15.7. The van der Waals surface area contributed by atoms with Crippen LogP contribution < -0.4 is 5.56 Å². The van der Waals surface area contributed by atoms with Gasteiger partial charge in [-0.2, -0.15) is 0 Å². The van der Waals surface area contributed by atoms with Crippen LogP contribution in [0.2, 0.25) is 0 Å². The molecule has 28 heavy (non-hydrogen) atoms. The normalized spacial score (nSPS) is 15.0. The van der Waals surface area contributed by atoms with Crippen LogP contribution in [0.15, 0.2) is 57.9 Å². The van der Waals surface area contributed by atoms with Crippen molar-refractivity contribution in [3.63, 3.8) is 0 Å². The molecule has 1 aromatic carbocycles. The van der Waals surface area contributed by atoms with Crippen LogP contribution in [0.1, 0.15) is 21.8 Å². The molecular weight excluding hydrogens is 356 g/mol. The topological polar surface area (TPSA) is 82.4 Å². The minimum Gasteiger partial charge on any atom is -0.459 e. The van der Waals surface area contributed by atoms with Crippen LogP contribution in [0.25, 0.3) is 11.4 Å². The number of rotatable bonds is 4. The van der Waals surface area contributed by atoms with Gasteiger partial charge in [0.2, 0.25) is 0 Å². The van der Waals surface area contributed by atoms with Gasteiger partial charge in [0.1, 0.15) is 5.82 Å². The summed E-state index contributed by atoms with van der Waals surface area (Å²) in [4.78, 5) is 35.4. The fourth-order valence-electron chi connectivity index (χ4n) is 3.46. The van der Waals surface area contributed by atoms with Crippen molar-refractivity contribution in [3.05, 3.63) is 76.1 Å². The number of aromatic nitrogens is 2. The number of carbonyl (C=O) groups excluding carboxylic acids is 1. The smallest absolute Gasteiger partial charge is 0.289 e. The largest absolute Gasteiger partial charge is 0.459 e. The first-order valence-electron chi connectivity index (χ1n) is 9.31. The lowest BCUT2D eigenvalue weighted by Crippen LogP contribution is -2.48. The molecule has 1 fully saturated rings. The van der Waals surface area contributed by atoms with Gasteiger partial charge >= 0.3 is 0 Å². The van der Waals surface area contributed by atoms with Crippen molar-refractivity contribution in [2.45, 2.75) is 13.5 Å². The van der Waals surface area contributed by atoms with E-state index in [2.05, 4.69) is 27.0 Å². The van der Waals surface area contributed by atoms with Crippen molar-refractivity contribution in [1.82, 2.24) is 19.8 Å². The lowest BCUT2D eigenvalue weighted by Gasteiger charge is -2.34. The highest BCUT2D eigenvalue weighted by molar-refractivity contribution is 5.91. The maximum absolute atomic E-state index is 12.4. The SMILES string of the molecule is Cc1cc(=O)[nH]c(-c2cccc(CN3CCN(C(=O)c4ccco4)CC3)c2)n1. The summed E-state index contributed by atoms with van der Waals surface area (Å²) < 4.78 is 5.21. The van der Waals surface area contributed by atoms with Crippen molar-refractivity contribution in [2.24, 2.45) is 0 Å². The van der Waals surface area contributed by atoms with Gasteiger partial charge in [-0.15, -0.1) is 0 Å². The zero-order valence-corrected chi connectivity index (χ0v) is 15.7. The van der Waals surface area contributed by atoms with Crippen LogP contribution in [0.3, 0.4) is 0 Å². The van der Waals surface area contributed by atoms with E-state index in [1.54, 1.807) is 12.1 Å². The summed E-state index contributed by atoms with van der Waals surface area (Å²) >= 11 is 0. The van der Waals surface area contributed by atoms with Gasteiger partial charge in [0.15, 0.2) is 5.76 Å². The average molecular weight is 378 g/mol. The first-order valence-corrected chi connectivity index (χ1v) is 9.31. The molecule has 2 aromatic heterocycles. The molecule has 1 aliphatic heterocycles. The standard InChI is InChI=1S/C21H22N4O3/c1-15-12-19(26)23-20(22-15)17-5-2-4-16(13-17)14-24-7-9-25(10-8-24)21(27)18-6-3-11-28-18/h2-6,11-13H,7-10,14H2,1H3,(H,22,23,26). The number of H-pyrrole nitrogens is 1. The van der Waals surface area contributed by atoms with Gasteiger partial charge in [0, 0.05) is 50.0 Å². The molecule has 1 N–H and O–H groups in total. The highest BCUT2D eigenvalue weighted by atomic mass is 16.3. The summed E-state index contributed by atoms with van der Waals surface area (Å²) in [5, 5.41) is 0. The number of hydrogen-bond acceptors (Lipinski definition) is 5. The summed E-state index contributed by atoms with van der Waals surface area (Å²) in [5.74, 6) is 0.919. The van der Waals surface area contributed by atoms with Gasteiger partial charge in [-0.25, -0.2) is 4.98 Å². The van der Waals surface area contributed by atoms with E-state index < -0.39 is 0 Å². The zero-order chi connectivity index (χ0) is 19.5. The molecule has 3 heterocycles. The van der Waals surface area contributed by atoms with Crippen molar-refractivity contribution < 1.29 is 9.21 Å². The molecule has 1 aliphatic rings. The summed E-state index contributed by atoms with van der Waals surface area (Å²) in [7, 11) is 0. The third-order valence-electron chi connectivity index (χ3n) is 4.87. The highest BCUT2D eigenvalue weighted by Gasteiger charge is 2.23. The second-order valence-electron chi connectivity index (χ2n) is 6.98. The van der Waals surface area contributed by atoms with E-state index in [4.69, 9.17) is 4.42 Å². The number of aromatic amines is 1. The minimum absolute atomic E-state index is 0.0545. The lowest BCUT2D eigenvalue weighted by molar-refractivity contribution is 0.0598. The summed E-state index contributed by atoms with van der Waals surface area (Å²) in [6, 6.07) is 13.0. The Kier molecular flexibility index (Phi) is 5.08. The van der Waals surface area contributed by atoms with Crippen molar-refractivity contribution in [3.8, 4) is 11.4 Å². The molecule has 0 spiro atoms. The number of benzene rings is 1. The van der Waals surface area contributed by atoms with E-state index in [0.29, 0.717) is 30.4 Å². The Morgan fingerprint density at radius 2 is 1.96 bits per heavy atom. The fourth-order valence-corrected chi connectivity index (χ4v) is 3.46. The van der Waals surface area contributed by atoms with Gasteiger partial charge < -0.3 is 14.3 Å². The number of nitrogens with one attached hydrogen (secondary N) is 1. The molecule has 7 nitrogen and oxygen atoms in total. The van der Waals surface area contributed by atoms with E-state index in [9.17, 15) is 9.59 Å². The number of amides is 1. The molecule has 0 aliphatic carbocycles. The van der Waals surface area contributed by atoms with Crippen LogP contribution in [0.5, 0.6) is 0 Å². The number of nitrogens with zero attached hydrogens (tertiary/aromatic N) is 3. The average Bonchev–Trinajstić information content (AvgIpc) is 3.22. The van der Waals surface area contributed by atoms with Gasteiger partial charge in [0.25, 0.3) is 11.5 Å². The Hall–Kier alpha value is -3.19. The van der Waals surface area contributed by atoms with Crippen molar-refractivity contribution in [2.75, 3.05) is 26.2 Å². The van der Waals surface area contributed by atoms with Gasteiger partial charge in [0.05, 0.1) is 6.26 Å².